The molecule has 0 aromatic heterocycles. The highest BCUT2D eigenvalue weighted by atomic mass is 16.2. The van der Waals surface area contributed by atoms with E-state index in [0.29, 0.717) is 24.9 Å². The minimum absolute atomic E-state index is 0.0542. The fourth-order valence-corrected chi connectivity index (χ4v) is 3.32. The van der Waals surface area contributed by atoms with Crippen molar-refractivity contribution in [3.8, 4) is 0 Å². The molecule has 0 aromatic carbocycles. The van der Waals surface area contributed by atoms with Crippen LogP contribution in [0.1, 0.15) is 51.4 Å². The zero-order valence-corrected chi connectivity index (χ0v) is 10.9. The van der Waals surface area contributed by atoms with Crippen molar-refractivity contribution in [2.45, 2.75) is 63.5 Å². The first-order valence-electron chi connectivity index (χ1n) is 7.35. The summed E-state index contributed by atoms with van der Waals surface area (Å²) in [5.74, 6) is 0.652. The number of rotatable bonds is 2. The van der Waals surface area contributed by atoms with Crippen LogP contribution in [-0.4, -0.2) is 35.3 Å². The van der Waals surface area contributed by atoms with Gasteiger partial charge >= 0.3 is 0 Å². The molecule has 0 radical (unpaired) electrons. The second kappa shape index (κ2) is 4.90. The number of nitrogens with one attached hydrogen (secondary N) is 1. The molecule has 4 heteroatoms. The second-order valence-electron chi connectivity index (χ2n) is 5.96. The SMILES string of the molecule is O=C1CCN(C2CCCCC2)C(=O)C(C2CC2)N1. The maximum atomic E-state index is 12.6. The Labute approximate surface area is 108 Å². The molecule has 0 aromatic rings. The zero-order chi connectivity index (χ0) is 12.5. The topological polar surface area (TPSA) is 49.4 Å². The molecule has 3 fully saturated rings. The first-order valence-corrected chi connectivity index (χ1v) is 7.35. The van der Waals surface area contributed by atoms with Crippen LogP contribution in [0.2, 0.25) is 0 Å². The van der Waals surface area contributed by atoms with Gasteiger partial charge in [0.25, 0.3) is 0 Å². The van der Waals surface area contributed by atoms with Gasteiger partial charge in [-0.2, -0.15) is 0 Å². The van der Waals surface area contributed by atoms with E-state index in [2.05, 4.69) is 5.32 Å². The minimum Gasteiger partial charge on any atom is -0.344 e. The molecular weight excluding hydrogens is 228 g/mol. The molecule has 1 unspecified atom stereocenters. The van der Waals surface area contributed by atoms with Crippen LogP contribution in [0.3, 0.4) is 0 Å². The molecule has 1 heterocycles. The van der Waals surface area contributed by atoms with Crippen LogP contribution in [0.25, 0.3) is 0 Å². The molecule has 2 amide bonds. The summed E-state index contributed by atoms with van der Waals surface area (Å²) in [4.78, 5) is 26.3. The van der Waals surface area contributed by atoms with E-state index >= 15 is 0 Å². The van der Waals surface area contributed by atoms with Gasteiger partial charge in [-0.3, -0.25) is 9.59 Å². The molecule has 0 bridgehead atoms. The first kappa shape index (κ1) is 12.0. The third kappa shape index (κ3) is 2.38. The van der Waals surface area contributed by atoms with Crippen molar-refractivity contribution in [2.75, 3.05) is 6.54 Å². The van der Waals surface area contributed by atoms with E-state index in [1.807, 2.05) is 4.90 Å². The van der Waals surface area contributed by atoms with Crippen molar-refractivity contribution in [1.82, 2.24) is 10.2 Å². The van der Waals surface area contributed by atoms with Gasteiger partial charge in [0.2, 0.25) is 11.8 Å². The van der Waals surface area contributed by atoms with E-state index in [1.54, 1.807) is 0 Å². The molecule has 1 saturated heterocycles. The lowest BCUT2D eigenvalue weighted by molar-refractivity contribution is -0.136. The highest BCUT2D eigenvalue weighted by Crippen LogP contribution is 2.35. The Bertz CT molecular complexity index is 346. The summed E-state index contributed by atoms with van der Waals surface area (Å²) in [7, 11) is 0. The summed E-state index contributed by atoms with van der Waals surface area (Å²) in [5.41, 5.74) is 0. The molecule has 0 spiro atoms. The third-order valence-electron chi connectivity index (χ3n) is 4.55. The van der Waals surface area contributed by atoms with E-state index in [1.165, 1.54) is 19.3 Å². The van der Waals surface area contributed by atoms with Crippen LogP contribution in [-0.2, 0) is 9.59 Å². The average molecular weight is 250 g/mol. The van der Waals surface area contributed by atoms with Gasteiger partial charge in [-0.05, 0) is 31.6 Å². The van der Waals surface area contributed by atoms with Gasteiger partial charge in [0, 0.05) is 19.0 Å². The lowest BCUT2D eigenvalue weighted by atomic mass is 9.93. The Morgan fingerprint density at radius 2 is 1.72 bits per heavy atom. The van der Waals surface area contributed by atoms with Crippen LogP contribution >= 0.6 is 0 Å². The summed E-state index contributed by atoms with van der Waals surface area (Å²) in [6.07, 6.45) is 8.65. The summed E-state index contributed by atoms with van der Waals surface area (Å²) in [5, 5.41) is 2.93. The quantitative estimate of drug-likeness (QED) is 0.806. The van der Waals surface area contributed by atoms with Gasteiger partial charge < -0.3 is 10.2 Å². The van der Waals surface area contributed by atoms with E-state index in [-0.39, 0.29) is 17.9 Å². The smallest absolute Gasteiger partial charge is 0.245 e. The lowest BCUT2D eigenvalue weighted by Gasteiger charge is -2.34. The van der Waals surface area contributed by atoms with Crippen LogP contribution in [0.4, 0.5) is 0 Å². The van der Waals surface area contributed by atoms with Crippen LogP contribution in [0.15, 0.2) is 0 Å². The Morgan fingerprint density at radius 3 is 2.39 bits per heavy atom. The number of hydrogen-bond acceptors (Lipinski definition) is 2. The summed E-state index contributed by atoms with van der Waals surface area (Å²) in [6.45, 7) is 0.624. The van der Waals surface area contributed by atoms with Crippen molar-refractivity contribution in [1.29, 1.82) is 0 Å². The van der Waals surface area contributed by atoms with E-state index in [0.717, 1.165) is 25.7 Å². The van der Waals surface area contributed by atoms with E-state index in [4.69, 9.17) is 0 Å². The van der Waals surface area contributed by atoms with Crippen molar-refractivity contribution in [3.63, 3.8) is 0 Å². The normalized spacial score (nSPS) is 31.1. The molecule has 3 aliphatic rings. The highest BCUT2D eigenvalue weighted by Gasteiger charge is 2.42. The monoisotopic (exact) mass is 250 g/mol. The maximum absolute atomic E-state index is 12.6. The Morgan fingerprint density at radius 1 is 1.00 bits per heavy atom. The number of carbonyl (C=O) groups is 2. The third-order valence-corrected chi connectivity index (χ3v) is 4.55. The van der Waals surface area contributed by atoms with Crippen LogP contribution in [0.5, 0.6) is 0 Å². The van der Waals surface area contributed by atoms with Crippen molar-refractivity contribution in [2.24, 2.45) is 5.92 Å². The van der Waals surface area contributed by atoms with Gasteiger partial charge in [-0.15, -0.1) is 0 Å². The molecule has 1 atom stereocenters. The predicted octanol–water partition coefficient (Wildman–Crippen LogP) is 1.45. The Balaban J connectivity index is 1.74. The van der Waals surface area contributed by atoms with E-state index < -0.39 is 0 Å². The number of nitrogens with zero attached hydrogens (tertiary/aromatic N) is 1. The number of amides is 2. The lowest BCUT2D eigenvalue weighted by Crippen LogP contribution is -2.49. The van der Waals surface area contributed by atoms with Gasteiger partial charge in [0.1, 0.15) is 6.04 Å². The molecule has 18 heavy (non-hydrogen) atoms. The molecule has 4 nitrogen and oxygen atoms in total. The van der Waals surface area contributed by atoms with Gasteiger partial charge in [-0.25, -0.2) is 0 Å². The molecule has 2 aliphatic carbocycles. The molecule has 2 saturated carbocycles. The first-order chi connectivity index (χ1) is 8.75. The van der Waals surface area contributed by atoms with Crippen molar-refractivity contribution in [3.05, 3.63) is 0 Å². The highest BCUT2D eigenvalue weighted by molar-refractivity contribution is 5.90. The molecule has 3 rings (SSSR count). The standard InChI is InChI=1S/C14H22N2O2/c17-12-8-9-16(11-4-2-1-3-5-11)14(18)13(15-12)10-6-7-10/h10-11,13H,1-9H2,(H,15,17). The zero-order valence-electron chi connectivity index (χ0n) is 10.9. The molecule has 100 valence electrons. The van der Waals surface area contributed by atoms with Gasteiger partial charge in [0.15, 0.2) is 0 Å². The van der Waals surface area contributed by atoms with Crippen LogP contribution in [0, 0.1) is 5.92 Å². The summed E-state index contributed by atoms with van der Waals surface area (Å²) in [6, 6.07) is 0.169. The average Bonchev–Trinajstić information content (AvgIpc) is 3.21. The van der Waals surface area contributed by atoms with Crippen LogP contribution < -0.4 is 5.32 Å². The minimum atomic E-state index is -0.220. The van der Waals surface area contributed by atoms with Crippen molar-refractivity contribution < 1.29 is 9.59 Å². The van der Waals surface area contributed by atoms with Gasteiger partial charge in [-0.1, -0.05) is 19.3 Å². The second-order valence-corrected chi connectivity index (χ2v) is 5.96. The van der Waals surface area contributed by atoms with E-state index in [9.17, 15) is 9.59 Å². The molecule has 1 N–H and O–H groups in total. The summed E-state index contributed by atoms with van der Waals surface area (Å²) >= 11 is 0. The Kier molecular flexibility index (Phi) is 3.27. The number of hydrogen-bond donors (Lipinski definition) is 1. The summed E-state index contributed by atoms with van der Waals surface area (Å²) < 4.78 is 0. The largest absolute Gasteiger partial charge is 0.344 e. The fourth-order valence-electron chi connectivity index (χ4n) is 3.32. The van der Waals surface area contributed by atoms with Crippen molar-refractivity contribution >= 4 is 11.8 Å². The predicted molar refractivity (Wildman–Crippen MR) is 67.9 cm³/mol. The molecule has 1 aliphatic heterocycles. The van der Waals surface area contributed by atoms with Gasteiger partial charge in [0.05, 0.1) is 0 Å². The maximum Gasteiger partial charge on any atom is 0.245 e. The number of carbonyl (C=O) groups excluding carboxylic acids is 2. The Hall–Kier alpha value is -1.06. The fraction of sp³-hybridized carbons (Fsp3) is 0.857. The molecular formula is C14H22N2O2.